The molecule has 1 N–H and O–H groups in total. The molecule has 1 atom stereocenters. The van der Waals surface area contributed by atoms with Crippen LogP contribution in [0.25, 0.3) is 0 Å². The largest absolute Gasteiger partial charge is 0.495 e. The van der Waals surface area contributed by atoms with Gasteiger partial charge in [0.15, 0.2) is 0 Å². The number of aryl methyl sites for hydroxylation is 1. The topological polar surface area (TPSA) is 96.0 Å². The van der Waals surface area contributed by atoms with Crippen LogP contribution in [0.5, 0.6) is 5.75 Å². The SMILES string of the molecule is COc1ccc(N(CC(=O)N(Cc2cccc(Cl)c2)[C@@H](C)C(=O)NC(C)C)S(=O)(=O)c2ccc(C)cc2)cc1Cl. The predicted octanol–water partition coefficient (Wildman–Crippen LogP) is 5.45. The highest BCUT2D eigenvalue weighted by Crippen LogP contribution is 2.32. The summed E-state index contributed by atoms with van der Waals surface area (Å²) in [5, 5.41) is 3.47. The van der Waals surface area contributed by atoms with E-state index in [0.29, 0.717) is 16.3 Å². The van der Waals surface area contributed by atoms with Crippen molar-refractivity contribution in [2.24, 2.45) is 0 Å². The number of hydrogen-bond donors (Lipinski definition) is 1. The first-order valence-corrected chi connectivity index (χ1v) is 14.8. The Labute approximate surface area is 245 Å². The molecule has 0 aliphatic heterocycles. The molecule has 3 aromatic carbocycles. The molecule has 0 aliphatic carbocycles. The Kier molecular flexibility index (Phi) is 10.5. The van der Waals surface area contributed by atoms with Gasteiger partial charge in [-0.15, -0.1) is 0 Å². The number of carbonyl (C=O) groups is 2. The first kappa shape index (κ1) is 31.3. The highest BCUT2D eigenvalue weighted by molar-refractivity contribution is 7.92. The lowest BCUT2D eigenvalue weighted by molar-refractivity contribution is -0.139. The fraction of sp³-hybridized carbons (Fsp3) is 0.310. The van der Waals surface area contributed by atoms with Crippen molar-refractivity contribution in [3.8, 4) is 5.75 Å². The maximum atomic E-state index is 13.9. The lowest BCUT2D eigenvalue weighted by atomic mass is 10.1. The van der Waals surface area contributed by atoms with Gasteiger partial charge in [0.25, 0.3) is 10.0 Å². The summed E-state index contributed by atoms with van der Waals surface area (Å²) < 4.78 is 34.0. The van der Waals surface area contributed by atoms with Crippen LogP contribution in [-0.4, -0.2) is 50.9 Å². The molecule has 0 saturated heterocycles. The minimum absolute atomic E-state index is 0.00447. The third-order valence-corrected chi connectivity index (χ3v) is 8.47. The van der Waals surface area contributed by atoms with Crippen LogP contribution in [0.2, 0.25) is 10.0 Å². The van der Waals surface area contributed by atoms with Crippen LogP contribution < -0.4 is 14.4 Å². The van der Waals surface area contributed by atoms with Gasteiger partial charge in [-0.2, -0.15) is 0 Å². The van der Waals surface area contributed by atoms with Gasteiger partial charge < -0.3 is 15.0 Å². The molecule has 0 spiro atoms. The maximum absolute atomic E-state index is 13.9. The number of rotatable bonds is 11. The number of halogens is 2. The summed E-state index contributed by atoms with van der Waals surface area (Å²) >= 11 is 12.5. The summed E-state index contributed by atoms with van der Waals surface area (Å²) in [5.41, 5.74) is 1.74. The quantitative estimate of drug-likeness (QED) is 0.313. The molecular weight excluding hydrogens is 573 g/mol. The van der Waals surface area contributed by atoms with E-state index in [4.69, 9.17) is 27.9 Å². The van der Waals surface area contributed by atoms with Crippen LogP contribution in [-0.2, 0) is 26.2 Å². The Balaban J connectivity index is 2.07. The van der Waals surface area contributed by atoms with Gasteiger partial charge >= 0.3 is 0 Å². The van der Waals surface area contributed by atoms with Crippen LogP contribution >= 0.6 is 23.2 Å². The molecule has 214 valence electrons. The van der Waals surface area contributed by atoms with Crippen molar-refractivity contribution in [2.75, 3.05) is 18.0 Å². The minimum Gasteiger partial charge on any atom is -0.495 e. The smallest absolute Gasteiger partial charge is 0.264 e. The number of ether oxygens (including phenoxy) is 1. The van der Waals surface area contributed by atoms with E-state index in [1.54, 1.807) is 43.3 Å². The number of sulfonamides is 1. The Bertz CT molecular complexity index is 1460. The van der Waals surface area contributed by atoms with Crippen molar-refractivity contribution < 1.29 is 22.7 Å². The van der Waals surface area contributed by atoms with E-state index in [1.807, 2.05) is 20.8 Å². The lowest BCUT2D eigenvalue weighted by Gasteiger charge is -2.32. The summed E-state index contributed by atoms with van der Waals surface area (Å²) in [6, 6.07) is 16.7. The molecule has 11 heteroatoms. The molecule has 0 bridgehead atoms. The Hall–Kier alpha value is -3.27. The number of carbonyl (C=O) groups excluding carboxylic acids is 2. The van der Waals surface area contributed by atoms with Gasteiger partial charge in [-0.25, -0.2) is 8.42 Å². The lowest BCUT2D eigenvalue weighted by Crippen LogP contribution is -2.52. The van der Waals surface area contributed by atoms with Gasteiger partial charge in [0, 0.05) is 17.6 Å². The number of nitrogens with zero attached hydrogens (tertiary/aromatic N) is 2. The third-order valence-electron chi connectivity index (χ3n) is 6.15. The van der Waals surface area contributed by atoms with Gasteiger partial charge in [-0.3, -0.25) is 13.9 Å². The average molecular weight is 607 g/mol. The van der Waals surface area contributed by atoms with E-state index in [-0.39, 0.29) is 34.1 Å². The first-order valence-electron chi connectivity index (χ1n) is 12.6. The second-order valence-electron chi connectivity index (χ2n) is 9.63. The maximum Gasteiger partial charge on any atom is 0.264 e. The molecule has 0 aromatic heterocycles. The van der Waals surface area contributed by atoms with Crippen LogP contribution in [0.3, 0.4) is 0 Å². The number of methoxy groups -OCH3 is 1. The van der Waals surface area contributed by atoms with E-state index in [9.17, 15) is 18.0 Å². The Morgan fingerprint density at radius 2 is 1.65 bits per heavy atom. The minimum atomic E-state index is -4.22. The van der Waals surface area contributed by atoms with E-state index in [1.165, 1.54) is 42.3 Å². The van der Waals surface area contributed by atoms with Gasteiger partial charge in [-0.05, 0) is 75.7 Å². The van der Waals surface area contributed by atoms with Crippen molar-refractivity contribution in [1.29, 1.82) is 0 Å². The van der Waals surface area contributed by atoms with Crippen LogP contribution in [0.15, 0.2) is 71.6 Å². The summed E-state index contributed by atoms with van der Waals surface area (Å²) in [5.74, 6) is -0.606. The zero-order valence-electron chi connectivity index (χ0n) is 23.0. The number of anilines is 1. The molecule has 0 fully saturated rings. The van der Waals surface area contributed by atoms with Crippen LogP contribution in [0.4, 0.5) is 5.69 Å². The molecule has 0 saturated carbocycles. The standard InChI is InChI=1S/C29H33Cl2N3O5S/c1-19(2)32-29(36)21(4)33(17-22-7-6-8-23(30)15-22)28(35)18-34(24-11-14-27(39-5)26(31)16-24)40(37,38)25-12-9-20(3)10-13-25/h6-16,19,21H,17-18H2,1-5H3,(H,32,36)/t21-/m0/s1. The molecular formula is C29H33Cl2N3O5S. The molecule has 0 heterocycles. The Morgan fingerprint density at radius 3 is 2.23 bits per heavy atom. The van der Waals surface area contributed by atoms with Crippen LogP contribution in [0, 0.1) is 6.92 Å². The average Bonchev–Trinajstić information content (AvgIpc) is 2.89. The zero-order valence-corrected chi connectivity index (χ0v) is 25.3. The highest BCUT2D eigenvalue weighted by Gasteiger charge is 2.33. The molecule has 3 rings (SSSR count). The van der Waals surface area contributed by atoms with E-state index >= 15 is 0 Å². The Morgan fingerprint density at radius 1 is 0.975 bits per heavy atom. The molecule has 3 aromatic rings. The normalized spacial score (nSPS) is 12.1. The number of amides is 2. The molecule has 2 amide bonds. The molecule has 0 radical (unpaired) electrons. The number of benzene rings is 3. The van der Waals surface area contributed by atoms with Crippen molar-refractivity contribution in [3.63, 3.8) is 0 Å². The van der Waals surface area contributed by atoms with Crippen molar-refractivity contribution in [3.05, 3.63) is 87.9 Å². The molecule has 0 aliphatic rings. The zero-order chi connectivity index (χ0) is 29.6. The van der Waals surface area contributed by atoms with E-state index < -0.39 is 28.5 Å². The van der Waals surface area contributed by atoms with Crippen molar-refractivity contribution in [1.82, 2.24) is 10.2 Å². The van der Waals surface area contributed by atoms with Gasteiger partial charge in [0.05, 0.1) is 22.7 Å². The van der Waals surface area contributed by atoms with Crippen molar-refractivity contribution >= 4 is 50.7 Å². The van der Waals surface area contributed by atoms with Gasteiger partial charge in [0.2, 0.25) is 11.8 Å². The summed E-state index contributed by atoms with van der Waals surface area (Å²) in [6.45, 7) is 6.53. The second-order valence-corrected chi connectivity index (χ2v) is 12.3. The summed E-state index contributed by atoms with van der Waals surface area (Å²) in [6.07, 6.45) is 0. The monoisotopic (exact) mass is 605 g/mol. The molecule has 40 heavy (non-hydrogen) atoms. The second kappa shape index (κ2) is 13.4. The molecule has 0 unspecified atom stereocenters. The molecule has 8 nitrogen and oxygen atoms in total. The van der Waals surface area contributed by atoms with Crippen LogP contribution in [0.1, 0.15) is 31.9 Å². The predicted molar refractivity (Wildman–Crippen MR) is 158 cm³/mol. The summed E-state index contributed by atoms with van der Waals surface area (Å²) in [4.78, 5) is 28.3. The first-order chi connectivity index (χ1) is 18.8. The van der Waals surface area contributed by atoms with Gasteiger partial charge in [0.1, 0.15) is 18.3 Å². The van der Waals surface area contributed by atoms with E-state index in [0.717, 1.165) is 9.87 Å². The van der Waals surface area contributed by atoms with Gasteiger partial charge in [-0.1, -0.05) is 53.0 Å². The number of hydrogen-bond acceptors (Lipinski definition) is 5. The fourth-order valence-electron chi connectivity index (χ4n) is 4.00. The highest BCUT2D eigenvalue weighted by atomic mass is 35.5. The van der Waals surface area contributed by atoms with Crippen molar-refractivity contribution in [2.45, 2.75) is 51.2 Å². The third kappa shape index (κ3) is 7.68. The fourth-order valence-corrected chi connectivity index (χ4v) is 5.87. The van der Waals surface area contributed by atoms with E-state index in [2.05, 4.69) is 5.32 Å². The number of nitrogens with one attached hydrogen (secondary N) is 1. The summed E-state index contributed by atoms with van der Waals surface area (Å²) in [7, 11) is -2.77.